The molecule has 0 aliphatic heterocycles. The van der Waals surface area contributed by atoms with Crippen LogP contribution in [-0.4, -0.2) is 33.0 Å². The number of amides is 1. The van der Waals surface area contributed by atoms with Crippen molar-refractivity contribution >= 4 is 17.2 Å². The van der Waals surface area contributed by atoms with Gasteiger partial charge in [0.1, 0.15) is 10.7 Å². The van der Waals surface area contributed by atoms with Crippen molar-refractivity contribution in [2.24, 2.45) is 0 Å². The van der Waals surface area contributed by atoms with Gasteiger partial charge in [-0.15, -0.1) is 11.3 Å². The van der Waals surface area contributed by atoms with E-state index in [-0.39, 0.29) is 11.6 Å². The molecular formula is C16H13F3N4OS. The Morgan fingerprint density at radius 1 is 1.24 bits per heavy atom. The number of nitrogens with zero attached hydrogens (tertiary/aromatic N) is 3. The fraction of sp³-hybridized carbons (Fsp3) is 0.188. The summed E-state index contributed by atoms with van der Waals surface area (Å²) in [5.74, 6) is -0.274. The Kier molecular flexibility index (Phi) is 4.58. The first-order chi connectivity index (χ1) is 11.8. The summed E-state index contributed by atoms with van der Waals surface area (Å²) in [7, 11) is 1.64. The Labute approximate surface area is 145 Å². The lowest BCUT2D eigenvalue weighted by atomic mass is 10.1. The van der Waals surface area contributed by atoms with Gasteiger partial charge >= 0.3 is 6.18 Å². The van der Waals surface area contributed by atoms with Crippen LogP contribution in [0.3, 0.4) is 0 Å². The topological polar surface area (TPSA) is 61.9 Å². The van der Waals surface area contributed by atoms with Crippen LogP contribution in [0.2, 0.25) is 0 Å². The molecule has 130 valence electrons. The van der Waals surface area contributed by atoms with Crippen LogP contribution in [0.15, 0.2) is 41.9 Å². The smallest absolute Gasteiger partial charge is 0.334 e. The van der Waals surface area contributed by atoms with Crippen molar-refractivity contribution in [2.45, 2.75) is 12.7 Å². The summed E-state index contributed by atoms with van der Waals surface area (Å²) in [6, 6.07) is 6.47. The fourth-order valence-electron chi connectivity index (χ4n) is 2.20. The Morgan fingerprint density at radius 2 is 1.96 bits per heavy atom. The third-order valence-corrected chi connectivity index (χ3v) is 4.39. The minimum absolute atomic E-state index is 0.252. The molecule has 5 nitrogen and oxygen atoms in total. The monoisotopic (exact) mass is 366 g/mol. The molecule has 0 bridgehead atoms. The van der Waals surface area contributed by atoms with Crippen LogP contribution >= 0.6 is 11.3 Å². The van der Waals surface area contributed by atoms with Crippen LogP contribution < -0.4 is 0 Å². The first kappa shape index (κ1) is 17.2. The average Bonchev–Trinajstić information content (AvgIpc) is 3.25. The van der Waals surface area contributed by atoms with Crippen molar-refractivity contribution in [2.75, 3.05) is 7.05 Å². The highest BCUT2D eigenvalue weighted by Gasteiger charge is 2.30. The lowest BCUT2D eigenvalue weighted by Gasteiger charge is -2.14. The summed E-state index contributed by atoms with van der Waals surface area (Å²) in [5, 5.41) is 8.68. The van der Waals surface area contributed by atoms with Crippen molar-refractivity contribution in [1.82, 2.24) is 20.1 Å². The fourth-order valence-corrected chi connectivity index (χ4v) is 3.00. The summed E-state index contributed by atoms with van der Waals surface area (Å²) in [6.45, 7) is 0.353. The largest absolute Gasteiger partial charge is 0.416 e. The highest BCUT2D eigenvalue weighted by Crippen LogP contribution is 2.31. The number of hydrogen-bond donors (Lipinski definition) is 1. The van der Waals surface area contributed by atoms with Gasteiger partial charge in [-0.3, -0.25) is 9.89 Å². The first-order valence-corrected chi connectivity index (χ1v) is 8.09. The Hall–Kier alpha value is -2.68. The van der Waals surface area contributed by atoms with E-state index in [9.17, 15) is 18.0 Å². The number of thiazole rings is 1. The maximum Gasteiger partial charge on any atom is 0.416 e. The molecule has 0 spiro atoms. The molecule has 3 aromatic rings. The second-order valence-corrected chi connectivity index (χ2v) is 6.21. The predicted octanol–water partition coefficient (Wildman–Crippen LogP) is 3.82. The highest BCUT2D eigenvalue weighted by molar-refractivity contribution is 7.13. The molecular weight excluding hydrogens is 353 g/mol. The number of H-pyrrole nitrogens is 1. The second kappa shape index (κ2) is 6.67. The van der Waals surface area contributed by atoms with E-state index in [1.165, 1.54) is 28.4 Å². The first-order valence-electron chi connectivity index (χ1n) is 7.21. The lowest BCUT2D eigenvalue weighted by molar-refractivity contribution is -0.137. The van der Waals surface area contributed by atoms with Crippen LogP contribution in [0.5, 0.6) is 0 Å². The number of carbonyl (C=O) groups excluding carboxylic acids is 1. The number of aromatic nitrogens is 3. The van der Waals surface area contributed by atoms with Gasteiger partial charge in [0.05, 0.1) is 17.8 Å². The van der Waals surface area contributed by atoms with Gasteiger partial charge in [-0.25, -0.2) is 4.98 Å². The standard InChI is InChI=1S/C16H13F3N4OS/c1-23(8-12-6-7-20-22-12)15(24)13-9-25-14(21-13)10-2-4-11(5-3-10)16(17,18)19/h2-7,9H,8H2,1H3,(H,20,22). The minimum Gasteiger partial charge on any atom is -0.334 e. The maximum absolute atomic E-state index is 12.6. The lowest BCUT2D eigenvalue weighted by Crippen LogP contribution is -2.26. The summed E-state index contributed by atoms with van der Waals surface area (Å²) in [5.41, 5.74) is 0.854. The molecule has 0 radical (unpaired) electrons. The van der Waals surface area contributed by atoms with Gasteiger partial charge in [-0.05, 0) is 18.2 Å². The number of alkyl halides is 3. The van der Waals surface area contributed by atoms with Crippen molar-refractivity contribution in [3.8, 4) is 10.6 Å². The summed E-state index contributed by atoms with van der Waals surface area (Å²) in [4.78, 5) is 18.1. The molecule has 2 heterocycles. The van der Waals surface area contributed by atoms with Gasteiger partial charge in [0.2, 0.25) is 0 Å². The molecule has 1 amide bonds. The number of benzene rings is 1. The zero-order valence-corrected chi connectivity index (χ0v) is 13.9. The van der Waals surface area contributed by atoms with Gasteiger partial charge in [0.15, 0.2) is 0 Å². The Bertz CT molecular complexity index is 856. The Balaban J connectivity index is 1.74. The number of rotatable bonds is 4. The maximum atomic E-state index is 12.6. The quantitative estimate of drug-likeness (QED) is 0.763. The van der Waals surface area contributed by atoms with Crippen LogP contribution in [0.4, 0.5) is 13.2 Å². The van der Waals surface area contributed by atoms with E-state index in [0.717, 1.165) is 17.8 Å². The van der Waals surface area contributed by atoms with Crippen LogP contribution in [0, 0.1) is 0 Å². The van der Waals surface area contributed by atoms with Gasteiger partial charge in [-0.2, -0.15) is 18.3 Å². The number of halogens is 3. The van der Waals surface area contributed by atoms with E-state index in [4.69, 9.17) is 0 Å². The van der Waals surface area contributed by atoms with Gasteiger partial charge in [0.25, 0.3) is 5.91 Å². The molecule has 2 aromatic heterocycles. The molecule has 0 aliphatic carbocycles. The second-order valence-electron chi connectivity index (χ2n) is 5.36. The van der Waals surface area contributed by atoms with E-state index in [2.05, 4.69) is 15.2 Å². The molecule has 0 aliphatic rings. The van der Waals surface area contributed by atoms with Crippen molar-refractivity contribution in [1.29, 1.82) is 0 Å². The van der Waals surface area contributed by atoms with E-state index in [1.807, 2.05) is 0 Å². The summed E-state index contributed by atoms with van der Waals surface area (Å²) >= 11 is 1.21. The number of carbonyl (C=O) groups is 1. The van der Waals surface area contributed by atoms with Crippen LogP contribution in [0.25, 0.3) is 10.6 Å². The van der Waals surface area contributed by atoms with Crippen molar-refractivity contribution < 1.29 is 18.0 Å². The van der Waals surface area contributed by atoms with Gasteiger partial charge in [0, 0.05) is 24.2 Å². The highest BCUT2D eigenvalue weighted by atomic mass is 32.1. The zero-order valence-electron chi connectivity index (χ0n) is 13.0. The molecule has 0 atom stereocenters. The molecule has 0 unspecified atom stereocenters. The van der Waals surface area contributed by atoms with E-state index in [0.29, 0.717) is 17.1 Å². The molecule has 25 heavy (non-hydrogen) atoms. The van der Waals surface area contributed by atoms with E-state index < -0.39 is 11.7 Å². The Morgan fingerprint density at radius 3 is 2.56 bits per heavy atom. The molecule has 0 saturated carbocycles. The zero-order chi connectivity index (χ0) is 18.0. The summed E-state index contributed by atoms with van der Waals surface area (Å²) < 4.78 is 37.8. The van der Waals surface area contributed by atoms with Crippen molar-refractivity contribution in [3.05, 3.63) is 58.9 Å². The number of aromatic amines is 1. The van der Waals surface area contributed by atoms with Gasteiger partial charge in [-0.1, -0.05) is 12.1 Å². The molecule has 0 fully saturated rings. The normalized spacial score (nSPS) is 11.5. The SMILES string of the molecule is CN(Cc1ccn[nH]1)C(=O)c1csc(-c2ccc(C(F)(F)F)cc2)n1. The predicted molar refractivity (Wildman–Crippen MR) is 86.9 cm³/mol. The molecule has 3 rings (SSSR count). The molecule has 1 N–H and O–H groups in total. The van der Waals surface area contributed by atoms with Crippen LogP contribution in [0.1, 0.15) is 21.7 Å². The third kappa shape index (κ3) is 3.87. The molecule has 1 aromatic carbocycles. The van der Waals surface area contributed by atoms with Crippen molar-refractivity contribution in [3.63, 3.8) is 0 Å². The molecule has 9 heteroatoms. The molecule has 0 saturated heterocycles. The van der Waals surface area contributed by atoms with Crippen LogP contribution in [-0.2, 0) is 12.7 Å². The van der Waals surface area contributed by atoms with E-state index in [1.54, 1.807) is 24.7 Å². The minimum atomic E-state index is -4.38. The third-order valence-electron chi connectivity index (χ3n) is 3.50. The average molecular weight is 366 g/mol. The number of nitrogens with one attached hydrogen (secondary N) is 1. The van der Waals surface area contributed by atoms with E-state index >= 15 is 0 Å². The summed E-state index contributed by atoms with van der Waals surface area (Å²) in [6.07, 6.45) is -2.78. The van der Waals surface area contributed by atoms with Gasteiger partial charge < -0.3 is 4.90 Å². The number of hydrogen-bond acceptors (Lipinski definition) is 4.